The molecule has 1 aromatic carbocycles. The van der Waals surface area contributed by atoms with Crippen LogP contribution < -0.4 is 5.73 Å². The average molecular weight is 267 g/mol. The number of rotatable bonds is 3. The van der Waals surface area contributed by atoms with Gasteiger partial charge in [-0.15, -0.1) is 0 Å². The molecule has 98 valence electrons. The van der Waals surface area contributed by atoms with Crippen LogP contribution in [-0.2, 0) is 11.3 Å². The second-order valence-electron chi connectivity index (χ2n) is 5.03. The van der Waals surface area contributed by atoms with Gasteiger partial charge in [-0.2, -0.15) is 0 Å². The third-order valence-corrected chi connectivity index (χ3v) is 3.81. The van der Waals surface area contributed by atoms with Crippen LogP contribution in [0.15, 0.2) is 24.3 Å². The summed E-state index contributed by atoms with van der Waals surface area (Å²) in [6.45, 7) is 0.586. The lowest BCUT2D eigenvalue weighted by atomic mass is 10.0. The number of nitrogens with zero attached hydrogens (tertiary/aromatic N) is 1. The lowest BCUT2D eigenvalue weighted by Gasteiger charge is -2.23. The number of halogens is 1. The van der Waals surface area contributed by atoms with Gasteiger partial charge in [0, 0.05) is 24.7 Å². The summed E-state index contributed by atoms with van der Waals surface area (Å²) in [7, 11) is 1.83. The maximum Gasteiger partial charge on any atom is 0.227 e. The van der Waals surface area contributed by atoms with Crippen LogP contribution in [-0.4, -0.2) is 23.9 Å². The number of hydrogen-bond acceptors (Lipinski definition) is 2. The van der Waals surface area contributed by atoms with Crippen molar-refractivity contribution in [3.05, 3.63) is 34.9 Å². The maximum absolute atomic E-state index is 12.3. The van der Waals surface area contributed by atoms with Crippen molar-refractivity contribution in [2.45, 2.75) is 31.8 Å². The van der Waals surface area contributed by atoms with Gasteiger partial charge in [0.15, 0.2) is 0 Å². The van der Waals surface area contributed by atoms with Crippen LogP contribution in [0.3, 0.4) is 0 Å². The largest absolute Gasteiger partial charge is 0.341 e. The van der Waals surface area contributed by atoms with Gasteiger partial charge >= 0.3 is 0 Å². The first kappa shape index (κ1) is 13.4. The quantitative estimate of drug-likeness (QED) is 0.913. The van der Waals surface area contributed by atoms with Crippen molar-refractivity contribution >= 4 is 17.5 Å². The molecule has 1 saturated carbocycles. The van der Waals surface area contributed by atoms with Gasteiger partial charge in [0.1, 0.15) is 0 Å². The smallest absolute Gasteiger partial charge is 0.227 e. The van der Waals surface area contributed by atoms with Crippen molar-refractivity contribution < 1.29 is 4.79 Å². The highest BCUT2D eigenvalue weighted by Crippen LogP contribution is 2.26. The Bertz CT molecular complexity index is 436. The van der Waals surface area contributed by atoms with Crippen LogP contribution in [0, 0.1) is 5.92 Å². The minimum atomic E-state index is -0.00539. The fraction of sp³-hybridized carbons (Fsp3) is 0.500. The summed E-state index contributed by atoms with van der Waals surface area (Å²) in [5.74, 6) is 0.147. The summed E-state index contributed by atoms with van der Waals surface area (Å²) in [6, 6.07) is 7.63. The summed E-state index contributed by atoms with van der Waals surface area (Å²) >= 11 is 5.93. The summed E-state index contributed by atoms with van der Waals surface area (Å²) in [6.07, 6.45) is 2.93. The molecule has 3 nitrogen and oxygen atoms in total. The molecule has 0 aromatic heterocycles. The first-order valence-electron chi connectivity index (χ1n) is 6.33. The third kappa shape index (κ3) is 3.03. The van der Waals surface area contributed by atoms with Gasteiger partial charge in [0.2, 0.25) is 5.91 Å². The molecule has 0 heterocycles. The number of carbonyl (C=O) groups is 1. The summed E-state index contributed by atoms with van der Waals surface area (Å²) in [4.78, 5) is 14.0. The number of benzene rings is 1. The van der Waals surface area contributed by atoms with Crippen molar-refractivity contribution in [3.8, 4) is 0 Å². The summed E-state index contributed by atoms with van der Waals surface area (Å²) in [5.41, 5.74) is 7.01. The summed E-state index contributed by atoms with van der Waals surface area (Å²) in [5, 5.41) is 0.700. The van der Waals surface area contributed by atoms with Crippen molar-refractivity contribution in [2.24, 2.45) is 11.7 Å². The number of carbonyl (C=O) groups excluding carboxylic acids is 1. The molecule has 0 aliphatic heterocycles. The van der Waals surface area contributed by atoms with Crippen LogP contribution in [0.4, 0.5) is 0 Å². The topological polar surface area (TPSA) is 46.3 Å². The monoisotopic (exact) mass is 266 g/mol. The third-order valence-electron chi connectivity index (χ3n) is 3.57. The minimum absolute atomic E-state index is 0.00539. The Kier molecular flexibility index (Phi) is 4.25. The molecule has 1 aliphatic rings. The van der Waals surface area contributed by atoms with Crippen LogP contribution in [0.25, 0.3) is 0 Å². The molecule has 18 heavy (non-hydrogen) atoms. The first-order valence-corrected chi connectivity index (χ1v) is 6.70. The average Bonchev–Trinajstić information content (AvgIpc) is 2.74. The van der Waals surface area contributed by atoms with Gasteiger partial charge in [-0.3, -0.25) is 4.79 Å². The van der Waals surface area contributed by atoms with Crippen molar-refractivity contribution in [1.29, 1.82) is 0 Å². The van der Waals surface area contributed by atoms with Crippen molar-refractivity contribution in [2.75, 3.05) is 7.05 Å². The van der Waals surface area contributed by atoms with E-state index in [-0.39, 0.29) is 17.9 Å². The van der Waals surface area contributed by atoms with E-state index in [2.05, 4.69) is 0 Å². The molecule has 2 N–H and O–H groups in total. The Labute approximate surface area is 113 Å². The Morgan fingerprint density at radius 3 is 2.89 bits per heavy atom. The van der Waals surface area contributed by atoms with E-state index in [0.717, 1.165) is 24.8 Å². The Balaban J connectivity index is 1.99. The molecule has 2 atom stereocenters. The van der Waals surface area contributed by atoms with E-state index >= 15 is 0 Å². The van der Waals surface area contributed by atoms with Crippen LogP contribution in [0.5, 0.6) is 0 Å². The molecule has 0 radical (unpaired) electrons. The van der Waals surface area contributed by atoms with Gasteiger partial charge < -0.3 is 10.6 Å². The second kappa shape index (κ2) is 5.72. The van der Waals surface area contributed by atoms with Gasteiger partial charge in [-0.1, -0.05) is 30.2 Å². The zero-order valence-corrected chi connectivity index (χ0v) is 11.4. The second-order valence-corrected chi connectivity index (χ2v) is 5.46. The molecule has 2 rings (SSSR count). The zero-order valence-electron chi connectivity index (χ0n) is 10.6. The fourth-order valence-electron chi connectivity index (χ4n) is 2.57. The molecule has 0 spiro atoms. The molecule has 0 bridgehead atoms. The van der Waals surface area contributed by atoms with Gasteiger partial charge in [-0.05, 0) is 30.5 Å². The van der Waals surface area contributed by atoms with Gasteiger partial charge in [-0.25, -0.2) is 0 Å². The van der Waals surface area contributed by atoms with Gasteiger partial charge in [0.05, 0.1) is 5.92 Å². The highest BCUT2D eigenvalue weighted by Gasteiger charge is 2.32. The van der Waals surface area contributed by atoms with Crippen LogP contribution in [0.2, 0.25) is 5.02 Å². The normalized spacial score (nSPS) is 23.1. The van der Waals surface area contributed by atoms with Crippen LogP contribution >= 0.6 is 11.6 Å². The molecule has 2 unspecified atom stereocenters. The fourth-order valence-corrected chi connectivity index (χ4v) is 2.78. The van der Waals surface area contributed by atoms with Crippen LogP contribution in [0.1, 0.15) is 24.8 Å². The Morgan fingerprint density at radius 2 is 2.28 bits per heavy atom. The van der Waals surface area contributed by atoms with E-state index in [1.165, 1.54) is 0 Å². The van der Waals surface area contributed by atoms with Crippen molar-refractivity contribution in [3.63, 3.8) is 0 Å². The highest BCUT2D eigenvalue weighted by molar-refractivity contribution is 6.30. The highest BCUT2D eigenvalue weighted by atomic mass is 35.5. The molecule has 1 amide bonds. The van der Waals surface area contributed by atoms with E-state index in [1.807, 2.05) is 31.3 Å². The number of nitrogens with two attached hydrogens (primary N) is 1. The standard InChI is InChI=1S/C14H19ClN2O/c1-17(9-10-4-2-5-11(15)8-10)14(18)12-6-3-7-13(12)16/h2,4-5,8,12-13H,3,6-7,9,16H2,1H3. The molecular weight excluding hydrogens is 248 g/mol. The van der Waals surface area contributed by atoms with E-state index in [1.54, 1.807) is 4.90 Å². The number of hydrogen-bond donors (Lipinski definition) is 1. The zero-order chi connectivity index (χ0) is 13.1. The SMILES string of the molecule is CN(Cc1cccc(Cl)c1)C(=O)C1CCCC1N. The molecule has 4 heteroatoms. The van der Waals surface area contributed by atoms with E-state index < -0.39 is 0 Å². The van der Waals surface area contributed by atoms with E-state index in [0.29, 0.717) is 11.6 Å². The summed E-state index contributed by atoms with van der Waals surface area (Å²) < 4.78 is 0. The lowest BCUT2D eigenvalue weighted by Crippen LogP contribution is -2.39. The minimum Gasteiger partial charge on any atom is -0.341 e. The molecule has 1 fully saturated rings. The molecule has 1 aliphatic carbocycles. The van der Waals surface area contributed by atoms with E-state index in [4.69, 9.17) is 17.3 Å². The van der Waals surface area contributed by atoms with Gasteiger partial charge in [0.25, 0.3) is 0 Å². The molecular formula is C14H19ClN2O. The maximum atomic E-state index is 12.3. The lowest BCUT2D eigenvalue weighted by molar-refractivity contribution is -0.134. The molecule has 1 aromatic rings. The Hall–Kier alpha value is -1.06. The molecule has 0 saturated heterocycles. The van der Waals surface area contributed by atoms with Crippen molar-refractivity contribution in [1.82, 2.24) is 4.90 Å². The Morgan fingerprint density at radius 1 is 1.50 bits per heavy atom. The van der Waals surface area contributed by atoms with E-state index in [9.17, 15) is 4.79 Å². The predicted octanol–water partition coefficient (Wildman–Crippen LogP) is 2.43. The predicted molar refractivity (Wildman–Crippen MR) is 73.2 cm³/mol. The first-order chi connectivity index (χ1) is 8.58. The number of amides is 1.